The van der Waals surface area contributed by atoms with Gasteiger partial charge in [0, 0.05) is 25.5 Å². The van der Waals surface area contributed by atoms with Crippen molar-refractivity contribution in [3.63, 3.8) is 0 Å². The molecule has 0 saturated heterocycles. The van der Waals surface area contributed by atoms with Crippen LogP contribution in [0.1, 0.15) is 5.69 Å². The van der Waals surface area contributed by atoms with Crippen molar-refractivity contribution < 1.29 is 4.79 Å². The smallest absolute Gasteiger partial charge is 0.234 e. The lowest BCUT2D eigenvalue weighted by Gasteiger charge is -2.33. The number of carbonyl (C=O) groups excluding carboxylic acids is 1. The van der Waals surface area contributed by atoms with Crippen molar-refractivity contribution in [2.24, 2.45) is 0 Å². The number of hydrogen-bond acceptors (Lipinski definition) is 7. The second-order valence-electron chi connectivity index (χ2n) is 6.62. The van der Waals surface area contributed by atoms with Gasteiger partial charge in [0.2, 0.25) is 5.91 Å². The van der Waals surface area contributed by atoms with E-state index in [1.165, 1.54) is 0 Å². The Balaban J connectivity index is 1.44. The van der Waals surface area contributed by atoms with Crippen LogP contribution in [-0.4, -0.2) is 41.0 Å². The highest BCUT2D eigenvalue weighted by Gasteiger charge is 2.28. The molecule has 0 radical (unpaired) electrons. The number of benzene rings is 1. The van der Waals surface area contributed by atoms with Crippen LogP contribution in [0, 0.1) is 0 Å². The van der Waals surface area contributed by atoms with Gasteiger partial charge in [-0.15, -0.1) is 22.7 Å². The standard InChI is InChI=1S/C20H17N5OS2/c1-24-8-9-25(19-18(24)22-14-5-2-3-6-15(14)23-19)17(26)11-13-12-28-20(21-13)16-7-4-10-27-16/h2-7,10,12H,8-9,11H2,1H3. The van der Waals surface area contributed by atoms with Crippen molar-refractivity contribution >= 4 is 51.2 Å². The average molecular weight is 408 g/mol. The molecule has 140 valence electrons. The summed E-state index contributed by atoms with van der Waals surface area (Å²) in [6.07, 6.45) is 0.263. The minimum absolute atomic E-state index is 0.00182. The van der Waals surface area contributed by atoms with E-state index in [4.69, 9.17) is 9.97 Å². The molecule has 0 bridgehead atoms. The Labute approximate surface area is 170 Å². The molecule has 1 aliphatic heterocycles. The van der Waals surface area contributed by atoms with E-state index in [-0.39, 0.29) is 12.3 Å². The van der Waals surface area contributed by atoms with Crippen LogP contribution in [0.15, 0.2) is 47.2 Å². The second kappa shape index (κ2) is 6.96. The maximum Gasteiger partial charge on any atom is 0.234 e. The number of hydrogen-bond donors (Lipinski definition) is 0. The highest BCUT2D eigenvalue weighted by atomic mass is 32.1. The number of rotatable bonds is 3. The lowest BCUT2D eigenvalue weighted by Crippen LogP contribution is -2.44. The number of amides is 1. The van der Waals surface area contributed by atoms with Crippen LogP contribution in [-0.2, 0) is 11.2 Å². The van der Waals surface area contributed by atoms with Gasteiger partial charge < -0.3 is 4.90 Å². The molecule has 5 rings (SSSR count). The van der Waals surface area contributed by atoms with Crippen LogP contribution in [0.3, 0.4) is 0 Å². The van der Waals surface area contributed by atoms with Crippen LogP contribution < -0.4 is 9.80 Å². The summed E-state index contributed by atoms with van der Waals surface area (Å²) in [5.74, 6) is 1.38. The van der Waals surface area contributed by atoms with Gasteiger partial charge >= 0.3 is 0 Å². The molecule has 1 aliphatic rings. The Bertz CT molecular complexity index is 1150. The van der Waals surface area contributed by atoms with Gasteiger partial charge in [0.25, 0.3) is 0 Å². The first-order chi connectivity index (χ1) is 13.7. The molecule has 0 spiro atoms. The molecule has 1 amide bonds. The first kappa shape index (κ1) is 17.3. The molecule has 0 N–H and O–H groups in total. The summed E-state index contributed by atoms with van der Waals surface area (Å²) in [5, 5.41) is 4.96. The van der Waals surface area contributed by atoms with E-state index in [1.807, 2.05) is 54.2 Å². The number of anilines is 2. The molecular weight excluding hydrogens is 390 g/mol. The number of nitrogens with zero attached hydrogens (tertiary/aromatic N) is 5. The van der Waals surface area contributed by atoms with Crippen LogP contribution >= 0.6 is 22.7 Å². The van der Waals surface area contributed by atoms with Crippen molar-refractivity contribution in [1.29, 1.82) is 0 Å². The molecule has 0 atom stereocenters. The Morgan fingerprint density at radius 1 is 1.00 bits per heavy atom. The predicted octanol–water partition coefficient (Wildman–Crippen LogP) is 3.84. The predicted molar refractivity (Wildman–Crippen MR) is 114 cm³/mol. The fourth-order valence-electron chi connectivity index (χ4n) is 3.28. The molecule has 8 heteroatoms. The van der Waals surface area contributed by atoms with E-state index in [0.29, 0.717) is 12.4 Å². The number of aromatic nitrogens is 3. The van der Waals surface area contributed by atoms with Crippen LogP contribution in [0.25, 0.3) is 20.9 Å². The number of thiazole rings is 1. The lowest BCUT2D eigenvalue weighted by molar-refractivity contribution is -0.118. The Kier molecular flexibility index (Phi) is 4.29. The van der Waals surface area contributed by atoms with Crippen LogP contribution in [0.2, 0.25) is 0 Å². The summed E-state index contributed by atoms with van der Waals surface area (Å²) >= 11 is 3.23. The lowest BCUT2D eigenvalue weighted by atomic mass is 10.2. The highest BCUT2D eigenvalue weighted by Crippen LogP contribution is 2.32. The third-order valence-electron chi connectivity index (χ3n) is 4.73. The molecule has 4 aromatic rings. The van der Waals surface area contributed by atoms with E-state index >= 15 is 0 Å². The third kappa shape index (κ3) is 3.04. The largest absolute Gasteiger partial charge is 0.355 e. The minimum atomic E-state index is 0.00182. The van der Waals surface area contributed by atoms with Gasteiger partial charge in [0.1, 0.15) is 5.01 Å². The van der Waals surface area contributed by atoms with Gasteiger partial charge in [0.15, 0.2) is 11.6 Å². The molecule has 28 heavy (non-hydrogen) atoms. The van der Waals surface area contributed by atoms with E-state index in [2.05, 4.69) is 9.88 Å². The monoisotopic (exact) mass is 407 g/mol. The van der Waals surface area contributed by atoms with Gasteiger partial charge in [0.05, 0.1) is 28.0 Å². The van der Waals surface area contributed by atoms with Crippen molar-refractivity contribution in [2.75, 3.05) is 29.9 Å². The summed E-state index contributed by atoms with van der Waals surface area (Å²) in [7, 11) is 1.98. The maximum atomic E-state index is 13.1. The summed E-state index contributed by atoms with van der Waals surface area (Å²) in [6.45, 7) is 1.32. The fourth-order valence-corrected chi connectivity index (χ4v) is 4.91. The van der Waals surface area contributed by atoms with E-state index in [0.717, 1.165) is 39.0 Å². The maximum absolute atomic E-state index is 13.1. The molecule has 0 fully saturated rings. The zero-order chi connectivity index (χ0) is 19.1. The van der Waals surface area contributed by atoms with Crippen molar-refractivity contribution in [3.05, 3.63) is 52.9 Å². The zero-order valence-electron chi connectivity index (χ0n) is 15.2. The van der Waals surface area contributed by atoms with Gasteiger partial charge in [-0.25, -0.2) is 15.0 Å². The Morgan fingerprint density at radius 2 is 1.79 bits per heavy atom. The zero-order valence-corrected chi connectivity index (χ0v) is 16.8. The molecule has 0 aliphatic carbocycles. The van der Waals surface area contributed by atoms with E-state index in [1.54, 1.807) is 27.6 Å². The van der Waals surface area contributed by atoms with E-state index in [9.17, 15) is 4.79 Å². The van der Waals surface area contributed by atoms with Crippen molar-refractivity contribution in [1.82, 2.24) is 15.0 Å². The van der Waals surface area contributed by atoms with Gasteiger partial charge in [-0.1, -0.05) is 18.2 Å². The summed E-state index contributed by atoms with van der Waals surface area (Å²) < 4.78 is 0. The molecular formula is C20H17N5OS2. The van der Waals surface area contributed by atoms with Crippen molar-refractivity contribution in [3.8, 4) is 9.88 Å². The second-order valence-corrected chi connectivity index (χ2v) is 8.43. The SMILES string of the molecule is CN1CCN(C(=O)Cc2csc(-c3cccs3)n2)c2nc3ccccc3nc21. The number of carbonyl (C=O) groups is 1. The molecule has 3 aromatic heterocycles. The number of likely N-dealkylation sites (N-methyl/N-ethyl adjacent to an activating group) is 1. The molecule has 1 aromatic carbocycles. The Hall–Kier alpha value is -2.84. The van der Waals surface area contributed by atoms with Crippen LogP contribution in [0.5, 0.6) is 0 Å². The highest BCUT2D eigenvalue weighted by molar-refractivity contribution is 7.20. The van der Waals surface area contributed by atoms with E-state index < -0.39 is 0 Å². The molecule has 4 heterocycles. The fraction of sp³-hybridized carbons (Fsp3) is 0.200. The normalized spacial score (nSPS) is 13.8. The first-order valence-corrected chi connectivity index (χ1v) is 10.7. The van der Waals surface area contributed by atoms with Crippen molar-refractivity contribution in [2.45, 2.75) is 6.42 Å². The quantitative estimate of drug-likeness (QED) is 0.516. The Morgan fingerprint density at radius 3 is 2.54 bits per heavy atom. The van der Waals surface area contributed by atoms with Crippen LogP contribution in [0.4, 0.5) is 11.6 Å². The summed E-state index contributed by atoms with van der Waals surface area (Å²) in [5.41, 5.74) is 2.43. The molecule has 0 unspecified atom stereocenters. The number of para-hydroxylation sites is 2. The molecule has 0 saturated carbocycles. The first-order valence-electron chi connectivity index (χ1n) is 8.95. The topological polar surface area (TPSA) is 62.2 Å². The van der Waals surface area contributed by atoms with Gasteiger partial charge in [-0.3, -0.25) is 9.69 Å². The average Bonchev–Trinajstić information content (AvgIpc) is 3.39. The number of fused-ring (bicyclic) bond motifs is 2. The van der Waals surface area contributed by atoms with Gasteiger partial charge in [-0.05, 0) is 23.6 Å². The molecule has 6 nitrogen and oxygen atoms in total. The third-order valence-corrected chi connectivity index (χ3v) is 6.66. The van der Waals surface area contributed by atoms with Gasteiger partial charge in [-0.2, -0.15) is 0 Å². The number of thiophene rings is 1. The minimum Gasteiger partial charge on any atom is -0.355 e. The summed E-state index contributed by atoms with van der Waals surface area (Å²) in [6, 6.07) is 11.8. The summed E-state index contributed by atoms with van der Waals surface area (Å²) in [4.78, 5) is 32.1.